The Morgan fingerprint density at radius 1 is 1.32 bits per heavy atom. The van der Waals surface area contributed by atoms with Gasteiger partial charge in [-0.1, -0.05) is 23.2 Å². The fourth-order valence-electron chi connectivity index (χ4n) is 1.25. The monoisotopic (exact) mass is 325 g/mol. The van der Waals surface area contributed by atoms with E-state index in [2.05, 4.69) is 9.46 Å². The molecule has 0 bridgehead atoms. The highest BCUT2D eigenvalue weighted by Gasteiger charge is 2.15. The van der Waals surface area contributed by atoms with Gasteiger partial charge in [0.1, 0.15) is 0 Å². The lowest BCUT2D eigenvalue weighted by Gasteiger charge is -2.07. The van der Waals surface area contributed by atoms with Crippen LogP contribution in [0.2, 0.25) is 10.0 Å². The molecular weight excluding hydrogens is 313 g/mol. The minimum Gasteiger partial charge on any atom is -0.466 e. The van der Waals surface area contributed by atoms with E-state index in [1.54, 1.807) is 6.92 Å². The average Bonchev–Trinajstić information content (AvgIpc) is 2.32. The molecule has 0 aliphatic heterocycles. The summed E-state index contributed by atoms with van der Waals surface area (Å²) in [5.41, 5.74) is 0. The molecule has 0 unspecified atom stereocenters. The highest BCUT2D eigenvalue weighted by molar-refractivity contribution is 7.89. The van der Waals surface area contributed by atoms with Crippen molar-refractivity contribution in [1.29, 1.82) is 0 Å². The van der Waals surface area contributed by atoms with E-state index < -0.39 is 16.0 Å². The van der Waals surface area contributed by atoms with Crippen LogP contribution in [0.15, 0.2) is 23.1 Å². The normalized spacial score (nSPS) is 11.3. The zero-order valence-corrected chi connectivity index (χ0v) is 12.5. The van der Waals surface area contributed by atoms with Crippen LogP contribution in [0.25, 0.3) is 0 Å². The van der Waals surface area contributed by atoms with E-state index in [9.17, 15) is 13.2 Å². The SMILES string of the molecule is CCOC(=O)CCNS(=O)(=O)c1ccc(Cl)c(Cl)c1. The Balaban J connectivity index is 2.66. The van der Waals surface area contributed by atoms with Gasteiger partial charge in [-0.05, 0) is 25.1 Å². The lowest BCUT2D eigenvalue weighted by Crippen LogP contribution is -2.26. The first kappa shape index (κ1) is 16.2. The summed E-state index contributed by atoms with van der Waals surface area (Å²) in [7, 11) is -3.71. The van der Waals surface area contributed by atoms with Gasteiger partial charge < -0.3 is 4.74 Å². The standard InChI is InChI=1S/C11H13Cl2NO4S/c1-2-18-11(15)5-6-14-19(16,17)8-3-4-9(12)10(13)7-8/h3-4,7,14H,2,5-6H2,1H3. The van der Waals surface area contributed by atoms with Crippen molar-refractivity contribution in [2.24, 2.45) is 0 Å². The van der Waals surface area contributed by atoms with Crippen molar-refractivity contribution in [1.82, 2.24) is 4.72 Å². The third kappa shape index (κ3) is 4.99. The lowest BCUT2D eigenvalue weighted by molar-refractivity contribution is -0.142. The molecule has 1 rings (SSSR count). The number of rotatable bonds is 6. The lowest BCUT2D eigenvalue weighted by atomic mass is 10.4. The van der Waals surface area contributed by atoms with E-state index in [0.29, 0.717) is 0 Å². The Morgan fingerprint density at radius 2 is 2.00 bits per heavy atom. The molecule has 0 aliphatic carbocycles. The van der Waals surface area contributed by atoms with Crippen LogP contribution >= 0.6 is 23.2 Å². The van der Waals surface area contributed by atoms with Crippen molar-refractivity contribution in [3.63, 3.8) is 0 Å². The molecule has 19 heavy (non-hydrogen) atoms. The number of benzene rings is 1. The molecule has 0 radical (unpaired) electrons. The first-order chi connectivity index (χ1) is 8.86. The van der Waals surface area contributed by atoms with Crippen LogP contribution in [-0.4, -0.2) is 27.5 Å². The van der Waals surface area contributed by atoms with Gasteiger partial charge in [0.2, 0.25) is 10.0 Å². The van der Waals surface area contributed by atoms with Crippen molar-refractivity contribution in [3.8, 4) is 0 Å². The van der Waals surface area contributed by atoms with Gasteiger partial charge in [0.15, 0.2) is 0 Å². The van der Waals surface area contributed by atoms with Gasteiger partial charge in [0.05, 0.1) is 28.0 Å². The first-order valence-electron chi connectivity index (χ1n) is 5.47. The van der Waals surface area contributed by atoms with Gasteiger partial charge in [-0.2, -0.15) is 0 Å². The van der Waals surface area contributed by atoms with Gasteiger partial charge in [0.25, 0.3) is 0 Å². The Hall–Kier alpha value is -0.820. The van der Waals surface area contributed by atoms with E-state index in [-0.39, 0.29) is 34.5 Å². The minimum absolute atomic E-state index is 0.00856. The summed E-state index contributed by atoms with van der Waals surface area (Å²) < 4.78 is 30.7. The van der Waals surface area contributed by atoms with Crippen molar-refractivity contribution in [2.75, 3.05) is 13.2 Å². The van der Waals surface area contributed by atoms with Crippen LogP contribution in [0.5, 0.6) is 0 Å². The van der Waals surface area contributed by atoms with Gasteiger partial charge in [-0.15, -0.1) is 0 Å². The van der Waals surface area contributed by atoms with Crippen LogP contribution in [0.3, 0.4) is 0 Å². The number of carbonyl (C=O) groups is 1. The summed E-state index contributed by atoms with van der Waals surface area (Å²) in [6, 6.07) is 3.97. The number of hydrogen-bond donors (Lipinski definition) is 1. The first-order valence-corrected chi connectivity index (χ1v) is 7.71. The molecule has 0 atom stereocenters. The maximum Gasteiger partial charge on any atom is 0.307 e. The zero-order chi connectivity index (χ0) is 14.5. The molecule has 0 aliphatic rings. The summed E-state index contributed by atoms with van der Waals surface area (Å²) in [5, 5.41) is 0.419. The summed E-state index contributed by atoms with van der Waals surface area (Å²) in [5.74, 6) is -0.459. The molecule has 1 aromatic rings. The quantitative estimate of drug-likeness (QED) is 0.814. The molecule has 0 aromatic heterocycles. The smallest absolute Gasteiger partial charge is 0.307 e. The Morgan fingerprint density at radius 3 is 2.58 bits per heavy atom. The van der Waals surface area contributed by atoms with Crippen molar-refractivity contribution >= 4 is 39.2 Å². The number of hydrogen-bond acceptors (Lipinski definition) is 4. The molecule has 0 saturated carbocycles. The third-order valence-electron chi connectivity index (χ3n) is 2.13. The van der Waals surface area contributed by atoms with E-state index in [1.165, 1.54) is 18.2 Å². The topological polar surface area (TPSA) is 72.5 Å². The molecule has 1 aromatic carbocycles. The fraction of sp³-hybridized carbons (Fsp3) is 0.364. The van der Waals surface area contributed by atoms with Gasteiger partial charge >= 0.3 is 5.97 Å². The molecule has 1 N–H and O–H groups in total. The summed E-state index contributed by atoms with van der Waals surface area (Å²) >= 11 is 11.5. The molecule has 0 heterocycles. The predicted molar refractivity (Wildman–Crippen MR) is 72.9 cm³/mol. The maximum absolute atomic E-state index is 11.9. The highest BCUT2D eigenvalue weighted by Crippen LogP contribution is 2.24. The van der Waals surface area contributed by atoms with Crippen LogP contribution in [0.1, 0.15) is 13.3 Å². The van der Waals surface area contributed by atoms with Crippen LogP contribution in [0.4, 0.5) is 0 Å². The van der Waals surface area contributed by atoms with Crippen LogP contribution < -0.4 is 4.72 Å². The number of carbonyl (C=O) groups excluding carboxylic acids is 1. The number of sulfonamides is 1. The van der Waals surface area contributed by atoms with Crippen LogP contribution in [-0.2, 0) is 19.6 Å². The van der Waals surface area contributed by atoms with E-state index in [4.69, 9.17) is 23.2 Å². The van der Waals surface area contributed by atoms with E-state index in [0.717, 1.165) is 0 Å². The molecule has 0 fully saturated rings. The fourth-order valence-corrected chi connectivity index (χ4v) is 2.67. The molecule has 0 saturated heterocycles. The Labute approximate surface area is 121 Å². The predicted octanol–water partition coefficient (Wildman–Crippen LogP) is 2.22. The Bertz CT molecular complexity index is 560. The molecular formula is C11H13Cl2NO4S. The second-order valence-corrected chi connectivity index (χ2v) is 6.11. The van der Waals surface area contributed by atoms with Crippen LogP contribution in [0, 0.1) is 0 Å². The van der Waals surface area contributed by atoms with Gasteiger partial charge in [0, 0.05) is 6.54 Å². The largest absolute Gasteiger partial charge is 0.466 e. The number of halogens is 2. The summed E-state index contributed by atoms with van der Waals surface area (Å²) in [4.78, 5) is 11.1. The molecule has 106 valence electrons. The number of ether oxygens (including phenoxy) is 1. The summed E-state index contributed by atoms with van der Waals surface area (Å²) in [6.07, 6.45) is -0.0333. The number of nitrogens with one attached hydrogen (secondary N) is 1. The van der Waals surface area contributed by atoms with E-state index in [1.807, 2.05) is 0 Å². The van der Waals surface area contributed by atoms with Gasteiger partial charge in [-0.25, -0.2) is 13.1 Å². The second kappa shape index (κ2) is 7.09. The zero-order valence-electron chi connectivity index (χ0n) is 10.2. The minimum atomic E-state index is -3.71. The maximum atomic E-state index is 11.9. The van der Waals surface area contributed by atoms with E-state index >= 15 is 0 Å². The van der Waals surface area contributed by atoms with Crippen molar-refractivity contribution in [2.45, 2.75) is 18.2 Å². The number of esters is 1. The molecule has 0 amide bonds. The van der Waals surface area contributed by atoms with Crippen molar-refractivity contribution < 1.29 is 17.9 Å². The molecule has 8 heteroatoms. The summed E-state index contributed by atoms with van der Waals surface area (Å²) in [6.45, 7) is 1.90. The highest BCUT2D eigenvalue weighted by atomic mass is 35.5. The Kier molecular flexibility index (Phi) is 6.06. The second-order valence-electron chi connectivity index (χ2n) is 3.53. The van der Waals surface area contributed by atoms with Gasteiger partial charge in [-0.3, -0.25) is 4.79 Å². The average molecular weight is 326 g/mol. The van der Waals surface area contributed by atoms with Crippen molar-refractivity contribution in [3.05, 3.63) is 28.2 Å². The molecule has 5 nitrogen and oxygen atoms in total. The molecule has 0 spiro atoms. The third-order valence-corrected chi connectivity index (χ3v) is 4.33.